The van der Waals surface area contributed by atoms with E-state index in [2.05, 4.69) is 10.9 Å². The highest BCUT2D eigenvalue weighted by Gasteiger charge is 2.54. The second-order valence-corrected chi connectivity index (χ2v) is 11.0. The number of aromatic amines is 1. The first kappa shape index (κ1) is 23.7. The molecule has 8 nitrogen and oxygen atoms in total. The van der Waals surface area contributed by atoms with Crippen molar-refractivity contribution < 1.29 is 18.5 Å². The second kappa shape index (κ2) is 8.88. The van der Waals surface area contributed by atoms with Gasteiger partial charge in [-0.25, -0.2) is 9.59 Å². The Morgan fingerprint density at radius 2 is 2.00 bits per heavy atom. The predicted molar refractivity (Wildman–Crippen MR) is 121 cm³/mol. The van der Waals surface area contributed by atoms with Crippen molar-refractivity contribution in [2.24, 2.45) is 0 Å². The van der Waals surface area contributed by atoms with Gasteiger partial charge in [-0.3, -0.25) is 18.6 Å². The molecule has 1 aromatic heterocycles. The Balaban J connectivity index is 1.97. The summed E-state index contributed by atoms with van der Waals surface area (Å²) in [4.78, 5) is 38.9. The molecule has 170 valence electrons. The third-order valence-electron chi connectivity index (χ3n) is 5.27. The number of nitrogens with one attached hydrogen (secondary N) is 1. The van der Waals surface area contributed by atoms with Crippen LogP contribution in [0.5, 0.6) is 0 Å². The van der Waals surface area contributed by atoms with Crippen LogP contribution in [-0.2, 0) is 20.3 Å². The summed E-state index contributed by atoms with van der Waals surface area (Å²) in [6.07, 6.45) is 6.49. The van der Waals surface area contributed by atoms with Crippen molar-refractivity contribution in [3.8, 4) is 12.3 Å². The summed E-state index contributed by atoms with van der Waals surface area (Å²) in [6.45, 7) is 6.65. The molecule has 1 aromatic carbocycles. The zero-order valence-corrected chi connectivity index (χ0v) is 19.2. The number of aromatic nitrogens is 2. The molecule has 0 aliphatic carbocycles. The number of esters is 1. The Morgan fingerprint density at radius 1 is 1.34 bits per heavy atom. The highest BCUT2D eigenvalue weighted by molar-refractivity contribution is 7.87. The smallest absolute Gasteiger partial charge is 0.338 e. The van der Waals surface area contributed by atoms with Crippen molar-refractivity contribution in [3.05, 3.63) is 68.5 Å². The van der Waals surface area contributed by atoms with E-state index in [1.807, 2.05) is 20.8 Å². The first-order valence-electron chi connectivity index (χ1n) is 10.1. The van der Waals surface area contributed by atoms with Crippen LogP contribution in [0.4, 0.5) is 0 Å². The number of carbonyl (C=O) groups is 1. The van der Waals surface area contributed by atoms with Crippen LogP contribution in [0.3, 0.4) is 0 Å². The van der Waals surface area contributed by atoms with Crippen molar-refractivity contribution in [3.63, 3.8) is 0 Å². The minimum absolute atomic E-state index is 0.141. The normalized spacial score (nSPS) is 24.0. The maximum Gasteiger partial charge on any atom is 0.338 e. The minimum atomic E-state index is -1.52. The summed E-state index contributed by atoms with van der Waals surface area (Å²) >= 11 is 0. The molecule has 9 heteroatoms. The van der Waals surface area contributed by atoms with Gasteiger partial charge in [-0.05, 0) is 39.8 Å². The Kier molecular flexibility index (Phi) is 6.58. The van der Waals surface area contributed by atoms with E-state index in [-0.39, 0.29) is 13.0 Å². The number of terminal acetylenes is 1. The predicted octanol–water partition coefficient (Wildman–Crippen LogP) is 1.91. The third kappa shape index (κ3) is 4.61. The lowest BCUT2D eigenvalue weighted by Gasteiger charge is -2.32. The van der Waals surface area contributed by atoms with Crippen LogP contribution in [0.2, 0.25) is 0 Å². The molecule has 1 fully saturated rings. The van der Waals surface area contributed by atoms with Crippen LogP contribution in [-0.4, -0.2) is 41.9 Å². The molecular weight excluding hydrogens is 432 g/mol. The van der Waals surface area contributed by atoms with E-state index in [1.54, 1.807) is 37.3 Å². The maximum absolute atomic E-state index is 13.4. The third-order valence-corrected chi connectivity index (χ3v) is 7.57. The molecule has 2 heterocycles. The molecule has 0 saturated carbocycles. The quantitative estimate of drug-likeness (QED) is 0.542. The molecule has 0 amide bonds. The molecule has 1 aliphatic rings. The Morgan fingerprint density at radius 3 is 2.59 bits per heavy atom. The number of carbonyl (C=O) groups excluding carboxylic acids is 1. The molecule has 2 aromatic rings. The van der Waals surface area contributed by atoms with E-state index in [4.69, 9.17) is 15.9 Å². The number of aryl methyl sites for hydroxylation is 1. The molecule has 32 heavy (non-hydrogen) atoms. The van der Waals surface area contributed by atoms with Crippen LogP contribution in [0.15, 0.2) is 46.1 Å². The molecule has 1 unspecified atom stereocenters. The summed E-state index contributed by atoms with van der Waals surface area (Å²) in [5.41, 5.74) is -2.03. The van der Waals surface area contributed by atoms with Gasteiger partial charge in [-0.15, -0.1) is 6.42 Å². The molecule has 1 saturated heterocycles. The first-order chi connectivity index (χ1) is 15.0. The van der Waals surface area contributed by atoms with Crippen LogP contribution in [0.1, 0.15) is 49.3 Å². The number of hydrogen-bond acceptors (Lipinski definition) is 6. The van der Waals surface area contributed by atoms with Crippen molar-refractivity contribution in [2.75, 3.05) is 6.61 Å². The highest BCUT2D eigenvalue weighted by atomic mass is 32.2. The fourth-order valence-electron chi connectivity index (χ4n) is 3.52. The second-order valence-electron chi connectivity index (χ2n) is 8.66. The van der Waals surface area contributed by atoms with Crippen molar-refractivity contribution >= 4 is 16.8 Å². The molecule has 0 spiro atoms. The number of hydrogen-bond donors (Lipinski definition) is 1. The van der Waals surface area contributed by atoms with E-state index in [9.17, 15) is 18.6 Å². The fraction of sp³-hybridized carbons (Fsp3) is 0.435. The highest BCUT2D eigenvalue weighted by Crippen LogP contribution is 2.41. The Hall–Kier alpha value is -2.96. The molecule has 0 bridgehead atoms. The average molecular weight is 459 g/mol. The first-order valence-corrected chi connectivity index (χ1v) is 11.3. The van der Waals surface area contributed by atoms with Gasteiger partial charge >= 0.3 is 11.7 Å². The van der Waals surface area contributed by atoms with Gasteiger partial charge in [-0.2, -0.15) is 0 Å². The van der Waals surface area contributed by atoms with E-state index in [1.165, 1.54) is 10.8 Å². The van der Waals surface area contributed by atoms with E-state index in [0.717, 1.165) is 0 Å². The van der Waals surface area contributed by atoms with Gasteiger partial charge in [-0.1, -0.05) is 24.1 Å². The summed E-state index contributed by atoms with van der Waals surface area (Å²) < 4.78 is 25.6. The number of ether oxygens (including phenoxy) is 2. The monoisotopic (exact) mass is 458 g/mol. The van der Waals surface area contributed by atoms with Crippen molar-refractivity contribution in [1.82, 2.24) is 9.55 Å². The van der Waals surface area contributed by atoms with Crippen LogP contribution in [0.25, 0.3) is 0 Å². The largest absolute Gasteiger partial charge is 0.458 e. The van der Waals surface area contributed by atoms with Gasteiger partial charge in [0.2, 0.25) is 0 Å². The van der Waals surface area contributed by atoms with Crippen LogP contribution >= 0.6 is 0 Å². The number of rotatable bonds is 5. The summed E-state index contributed by atoms with van der Waals surface area (Å²) in [7, 11) is -1.50. The molecular formula is C23H26N2O6S. The standard InChI is InChI=1S/C23H26N2O6S/c1-6-23(14-30-20(27)16-10-8-7-9-11-16)17(32(29)22(3,4)5)12-18(31-23)25-13-15(2)19(26)24-21(25)28/h1,7-11,13,17-18H,12,14H2,2-5H3,(H,24,26,28)/t17-,18-,23-,32?/m1/s1. The number of H-pyrrole nitrogens is 1. The lowest BCUT2D eigenvalue weighted by Crippen LogP contribution is -2.49. The van der Waals surface area contributed by atoms with Crippen molar-refractivity contribution in [2.45, 2.75) is 55.9 Å². The zero-order chi connectivity index (χ0) is 23.7. The van der Waals surface area contributed by atoms with E-state index >= 15 is 0 Å². The summed E-state index contributed by atoms with van der Waals surface area (Å²) in [5.74, 6) is 1.96. The lowest BCUT2D eigenvalue weighted by molar-refractivity contribution is -0.0697. The summed E-state index contributed by atoms with van der Waals surface area (Å²) in [5, 5.41) is -0.722. The SMILES string of the molecule is C#C[C@]1(COC(=O)c2ccccc2)O[C@@H](n2cc(C)c(=O)[nH]c2=O)C[C@H]1S(=O)C(C)(C)C. The molecule has 1 N–H and O–H groups in total. The fourth-order valence-corrected chi connectivity index (χ4v) is 5.25. The maximum atomic E-state index is 13.4. The van der Waals surface area contributed by atoms with E-state index in [0.29, 0.717) is 11.1 Å². The van der Waals surface area contributed by atoms with Gasteiger partial charge < -0.3 is 9.47 Å². The van der Waals surface area contributed by atoms with Crippen molar-refractivity contribution in [1.29, 1.82) is 0 Å². The van der Waals surface area contributed by atoms with Crippen LogP contribution < -0.4 is 11.2 Å². The van der Waals surface area contributed by atoms with Gasteiger partial charge in [0.25, 0.3) is 5.56 Å². The van der Waals surface area contributed by atoms with Gasteiger partial charge in [0.1, 0.15) is 12.8 Å². The zero-order valence-electron chi connectivity index (χ0n) is 18.4. The molecule has 3 rings (SSSR count). The number of nitrogens with zero attached hydrogens (tertiary/aromatic N) is 1. The number of benzene rings is 1. The van der Waals surface area contributed by atoms with Crippen LogP contribution in [0, 0.1) is 19.3 Å². The minimum Gasteiger partial charge on any atom is -0.458 e. The molecule has 4 atom stereocenters. The summed E-state index contributed by atoms with van der Waals surface area (Å²) in [6, 6.07) is 8.40. The molecule has 0 radical (unpaired) electrons. The Bertz CT molecular complexity index is 1190. The van der Waals surface area contributed by atoms with E-state index < -0.39 is 49.8 Å². The average Bonchev–Trinajstić information content (AvgIpc) is 3.13. The lowest BCUT2D eigenvalue weighted by atomic mass is 10.0. The van der Waals surface area contributed by atoms with Gasteiger partial charge in [0, 0.05) is 33.7 Å². The van der Waals surface area contributed by atoms with Gasteiger partial charge in [0.15, 0.2) is 5.60 Å². The Labute approximate surface area is 188 Å². The van der Waals surface area contributed by atoms with Gasteiger partial charge in [0.05, 0.1) is 10.8 Å². The topological polar surface area (TPSA) is 107 Å². The molecule has 1 aliphatic heterocycles.